The minimum Gasteiger partial charge on any atom is -0.478 e. The van der Waals surface area contributed by atoms with Gasteiger partial charge in [-0.1, -0.05) is 36.2 Å². The van der Waals surface area contributed by atoms with Crippen LogP contribution in [0, 0.1) is 12.8 Å². The molecule has 1 aromatic carbocycles. The molecule has 0 aliphatic heterocycles. The van der Waals surface area contributed by atoms with Crippen molar-refractivity contribution in [3.05, 3.63) is 27.7 Å². The van der Waals surface area contributed by atoms with E-state index in [0.29, 0.717) is 16.6 Å². The van der Waals surface area contributed by atoms with Crippen molar-refractivity contribution in [2.24, 2.45) is 5.92 Å². The third kappa shape index (κ3) is 4.04. The number of aromatic carboxylic acids is 1. The van der Waals surface area contributed by atoms with E-state index in [1.807, 2.05) is 13.8 Å². The monoisotopic (exact) mass is 363 g/mol. The van der Waals surface area contributed by atoms with Gasteiger partial charge in [0.25, 0.3) is 0 Å². The van der Waals surface area contributed by atoms with Crippen molar-refractivity contribution in [2.45, 2.75) is 32.1 Å². The zero-order chi connectivity index (χ0) is 15.5. The van der Waals surface area contributed by atoms with Gasteiger partial charge in [-0.3, -0.25) is 0 Å². The van der Waals surface area contributed by atoms with Crippen LogP contribution in [0.15, 0.2) is 21.5 Å². The van der Waals surface area contributed by atoms with E-state index in [2.05, 4.69) is 20.7 Å². The summed E-state index contributed by atoms with van der Waals surface area (Å²) in [6.07, 6.45) is 0.862. The molecule has 2 N–H and O–H groups in total. The first-order chi connectivity index (χ1) is 9.19. The summed E-state index contributed by atoms with van der Waals surface area (Å²) >= 11 is 3.20. The van der Waals surface area contributed by atoms with Crippen molar-refractivity contribution in [3.63, 3.8) is 0 Å². The average Bonchev–Trinajstić information content (AvgIpc) is 2.38. The molecule has 0 bridgehead atoms. The molecular formula is C13H18BrNO4S. The van der Waals surface area contributed by atoms with Crippen LogP contribution < -0.4 is 4.72 Å². The smallest absolute Gasteiger partial charge is 0.336 e. The summed E-state index contributed by atoms with van der Waals surface area (Å²) < 4.78 is 27.3. The van der Waals surface area contributed by atoms with Gasteiger partial charge in [0, 0.05) is 11.0 Å². The number of hydrogen-bond acceptors (Lipinski definition) is 3. The fraction of sp³-hybridized carbons (Fsp3) is 0.462. The summed E-state index contributed by atoms with van der Waals surface area (Å²) in [7, 11) is -3.70. The Morgan fingerprint density at radius 1 is 1.45 bits per heavy atom. The third-order valence-electron chi connectivity index (χ3n) is 3.18. The van der Waals surface area contributed by atoms with E-state index in [4.69, 9.17) is 5.11 Å². The highest BCUT2D eigenvalue weighted by Gasteiger charge is 2.20. The quantitative estimate of drug-likeness (QED) is 0.813. The Morgan fingerprint density at radius 2 is 2.05 bits per heavy atom. The van der Waals surface area contributed by atoms with Crippen LogP contribution in [-0.2, 0) is 10.0 Å². The van der Waals surface area contributed by atoms with Gasteiger partial charge < -0.3 is 5.11 Å². The fourth-order valence-electron chi connectivity index (χ4n) is 1.51. The number of rotatable bonds is 6. The highest BCUT2D eigenvalue weighted by molar-refractivity contribution is 9.10. The second kappa shape index (κ2) is 6.69. The van der Waals surface area contributed by atoms with Crippen LogP contribution in [0.1, 0.15) is 36.2 Å². The molecular weight excluding hydrogens is 346 g/mol. The molecule has 0 spiro atoms. The lowest BCUT2D eigenvalue weighted by Crippen LogP contribution is -2.28. The molecule has 0 fully saturated rings. The lowest BCUT2D eigenvalue weighted by molar-refractivity contribution is 0.0695. The number of carbonyl (C=O) groups is 1. The van der Waals surface area contributed by atoms with Gasteiger partial charge in [-0.2, -0.15) is 0 Å². The van der Waals surface area contributed by atoms with Gasteiger partial charge in [0.15, 0.2) is 0 Å². The molecule has 0 aromatic heterocycles. The van der Waals surface area contributed by atoms with Crippen molar-refractivity contribution < 1.29 is 18.3 Å². The molecule has 0 aliphatic rings. The summed E-state index contributed by atoms with van der Waals surface area (Å²) in [5.41, 5.74) is 0.474. The Labute approximate surface area is 127 Å². The number of benzene rings is 1. The molecule has 0 heterocycles. The van der Waals surface area contributed by atoms with E-state index in [0.717, 1.165) is 6.42 Å². The molecule has 0 saturated carbocycles. The van der Waals surface area contributed by atoms with Gasteiger partial charge in [-0.05, 0) is 30.5 Å². The topological polar surface area (TPSA) is 83.5 Å². The van der Waals surface area contributed by atoms with Gasteiger partial charge in [0.1, 0.15) is 0 Å². The van der Waals surface area contributed by atoms with Crippen molar-refractivity contribution in [3.8, 4) is 0 Å². The highest BCUT2D eigenvalue weighted by atomic mass is 79.9. The van der Waals surface area contributed by atoms with Gasteiger partial charge in [-0.15, -0.1) is 0 Å². The number of halogens is 1. The number of sulfonamides is 1. The van der Waals surface area contributed by atoms with Crippen LogP contribution in [0.25, 0.3) is 0 Å². The molecule has 112 valence electrons. The molecule has 1 aromatic rings. The van der Waals surface area contributed by atoms with Gasteiger partial charge in [-0.25, -0.2) is 17.9 Å². The van der Waals surface area contributed by atoms with Gasteiger partial charge >= 0.3 is 5.97 Å². The predicted octanol–water partition coefficient (Wildman–Crippen LogP) is 2.78. The molecule has 1 atom stereocenters. The minimum absolute atomic E-state index is 0.0247. The van der Waals surface area contributed by atoms with Crippen molar-refractivity contribution >= 4 is 31.9 Å². The van der Waals surface area contributed by atoms with E-state index >= 15 is 0 Å². The Hall–Kier alpha value is -0.920. The van der Waals surface area contributed by atoms with E-state index in [9.17, 15) is 13.2 Å². The second-order valence-corrected chi connectivity index (χ2v) is 7.37. The first kappa shape index (κ1) is 17.1. The van der Waals surface area contributed by atoms with Crippen LogP contribution >= 0.6 is 15.9 Å². The molecule has 1 rings (SSSR count). The third-order valence-corrected chi connectivity index (χ3v) is 5.40. The normalized spacial score (nSPS) is 13.2. The predicted molar refractivity (Wildman–Crippen MR) is 80.5 cm³/mol. The highest BCUT2D eigenvalue weighted by Crippen LogP contribution is 2.25. The molecule has 7 heteroatoms. The maximum absolute atomic E-state index is 12.2. The second-order valence-electron chi connectivity index (χ2n) is 4.75. The number of carboxylic acid groups (broad SMARTS) is 1. The lowest BCUT2D eigenvalue weighted by atomic mass is 10.1. The molecule has 20 heavy (non-hydrogen) atoms. The zero-order valence-electron chi connectivity index (χ0n) is 11.6. The summed E-state index contributed by atoms with van der Waals surface area (Å²) in [4.78, 5) is 11.1. The number of hydrogen-bond donors (Lipinski definition) is 2. The lowest BCUT2D eigenvalue weighted by Gasteiger charge is -2.13. The summed E-state index contributed by atoms with van der Waals surface area (Å²) in [5.74, 6) is -0.931. The Bertz CT molecular complexity index is 613. The van der Waals surface area contributed by atoms with Crippen molar-refractivity contribution in [2.75, 3.05) is 6.54 Å². The SMILES string of the molecule is CCC(C)CNS(=O)(=O)c1cc(Br)c(C)c(C(=O)O)c1. The van der Waals surface area contributed by atoms with E-state index in [-0.39, 0.29) is 16.4 Å². The van der Waals surface area contributed by atoms with E-state index in [1.54, 1.807) is 6.92 Å². The standard InChI is InChI=1S/C13H18BrNO4S/c1-4-8(2)7-15-20(18,19)10-5-11(13(16)17)9(3)12(14)6-10/h5-6,8,15H,4,7H2,1-3H3,(H,16,17). The fourth-order valence-corrected chi connectivity index (χ4v) is 3.34. The van der Waals surface area contributed by atoms with Crippen molar-refractivity contribution in [1.82, 2.24) is 4.72 Å². The maximum Gasteiger partial charge on any atom is 0.336 e. The Kier molecular flexibility index (Phi) is 5.73. The number of carboxylic acids is 1. The van der Waals surface area contributed by atoms with Crippen LogP contribution in [0.2, 0.25) is 0 Å². The molecule has 0 aliphatic carbocycles. The summed E-state index contributed by atoms with van der Waals surface area (Å²) in [6.45, 7) is 5.86. The Balaban J connectivity index is 3.16. The maximum atomic E-state index is 12.2. The van der Waals surface area contributed by atoms with Crippen LogP contribution in [-0.4, -0.2) is 26.0 Å². The summed E-state index contributed by atoms with van der Waals surface area (Å²) in [5, 5.41) is 9.10. The Morgan fingerprint density at radius 3 is 2.55 bits per heavy atom. The average molecular weight is 364 g/mol. The van der Waals surface area contributed by atoms with Crippen molar-refractivity contribution in [1.29, 1.82) is 0 Å². The summed E-state index contributed by atoms with van der Waals surface area (Å²) in [6, 6.07) is 2.60. The van der Waals surface area contributed by atoms with Crippen LogP contribution in [0.3, 0.4) is 0 Å². The van der Waals surface area contributed by atoms with E-state index < -0.39 is 16.0 Å². The first-order valence-electron chi connectivity index (χ1n) is 6.22. The van der Waals surface area contributed by atoms with Gasteiger partial charge in [0.2, 0.25) is 10.0 Å². The zero-order valence-corrected chi connectivity index (χ0v) is 14.0. The minimum atomic E-state index is -3.70. The first-order valence-corrected chi connectivity index (χ1v) is 8.49. The van der Waals surface area contributed by atoms with Crippen LogP contribution in [0.4, 0.5) is 0 Å². The van der Waals surface area contributed by atoms with Gasteiger partial charge in [0.05, 0.1) is 10.5 Å². The molecule has 1 unspecified atom stereocenters. The molecule has 0 radical (unpaired) electrons. The largest absolute Gasteiger partial charge is 0.478 e. The number of nitrogens with one attached hydrogen (secondary N) is 1. The molecule has 5 nitrogen and oxygen atoms in total. The van der Waals surface area contributed by atoms with E-state index in [1.165, 1.54) is 12.1 Å². The molecule has 0 saturated heterocycles. The van der Waals surface area contributed by atoms with Crippen LogP contribution in [0.5, 0.6) is 0 Å². The molecule has 0 amide bonds.